The third-order valence-corrected chi connectivity index (χ3v) is 4.32. The lowest BCUT2D eigenvalue weighted by Crippen LogP contribution is -2.41. The van der Waals surface area contributed by atoms with Gasteiger partial charge in [0.05, 0.1) is 0 Å². The molecule has 2 atom stereocenters. The Bertz CT molecular complexity index is 445. The number of nitrogens with one attached hydrogen (secondary N) is 1. The predicted molar refractivity (Wildman–Crippen MR) is 85.9 cm³/mol. The van der Waals surface area contributed by atoms with Crippen molar-refractivity contribution in [3.63, 3.8) is 0 Å². The summed E-state index contributed by atoms with van der Waals surface area (Å²) in [5.41, 5.74) is 7.20. The molecule has 4 nitrogen and oxygen atoms in total. The molecule has 0 aromatic heterocycles. The lowest BCUT2D eigenvalue weighted by molar-refractivity contribution is -0.121. The molecule has 1 aliphatic carbocycles. The largest absolute Gasteiger partial charge is 0.355 e. The van der Waals surface area contributed by atoms with Crippen LogP contribution in [0.2, 0.25) is 0 Å². The highest BCUT2D eigenvalue weighted by Crippen LogP contribution is 2.26. The Kier molecular flexibility index (Phi) is 5.76. The maximum atomic E-state index is 11.9. The molecular formula is C17H27N3O. The van der Waals surface area contributed by atoms with Gasteiger partial charge in [0.2, 0.25) is 5.91 Å². The first-order valence-electron chi connectivity index (χ1n) is 7.87. The molecule has 0 saturated heterocycles. The highest BCUT2D eigenvalue weighted by molar-refractivity contribution is 5.75. The van der Waals surface area contributed by atoms with Crippen molar-refractivity contribution >= 4 is 5.91 Å². The molecule has 4 heteroatoms. The monoisotopic (exact) mass is 289 g/mol. The Morgan fingerprint density at radius 3 is 2.67 bits per heavy atom. The molecule has 0 aliphatic heterocycles. The molecule has 1 fully saturated rings. The van der Waals surface area contributed by atoms with E-state index < -0.39 is 0 Å². The summed E-state index contributed by atoms with van der Waals surface area (Å²) < 4.78 is 0. The summed E-state index contributed by atoms with van der Waals surface area (Å²) in [5.74, 6) is 0.0948. The average molecular weight is 289 g/mol. The number of carbonyl (C=O) groups is 1. The molecule has 1 saturated carbocycles. The number of hydrogen-bond acceptors (Lipinski definition) is 3. The Morgan fingerprint density at radius 1 is 1.38 bits per heavy atom. The van der Waals surface area contributed by atoms with E-state index in [4.69, 9.17) is 5.73 Å². The first kappa shape index (κ1) is 16.0. The van der Waals surface area contributed by atoms with Crippen LogP contribution in [-0.4, -0.2) is 36.5 Å². The van der Waals surface area contributed by atoms with Crippen molar-refractivity contribution in [2.45, 2.75) is 50.7 Å². The van der Waals surface area contributed by atoms with Crippen molar-refractivity contribution in [3.8, 4) is 0 Å². The summed E-state index contributed by atoms with van der Waals surface area (Å²) in [5, 5.41) is 3.02. The summed E-state index contributed by atoms with van der Waals surface area (Å²) in [6.45, 7) is 2.88. The Balaban J connectivity index is 1.65. The molecule has 0 radical (unpaired) electrons. The number of nitrogens with two attached hydrogens (primary N) is 1. The fraction of sp³-hybridized carbons (Fsp3) is 0.588. The van der Waals surface area contributed by atoms with E-state index in [1.54, 1.807) is 0 Å². The smallest absolute Gasteiger partial charge is 0.220 e. The van der Waals surface area contributed by atoms with Crippen LogP contribution in [0.1, 0.15) is 44.2 Å². The molecule has 0 spiro atoms. The van der Waals surface area contributed by atoms with E-state index in [0.717, 1.165) is 11.6 Å². The van der Waals surface area contributed by atoms with Gasteiger partial charge in [-0.2, -0.15) is 0 Å². The number of likely N-dealkylation sites (N-methyl/N-ethyl adjacent to an activating group) is 1. The van der Waals surface area contributed by atoms with E-state index in [-0.39, 0.29) is 11.9 Å². The topological polar surface area (TPSA) is 58.4 Å². The standard InChI is InChI=1S/C17H27N3O/c1-13(20(2)15-8-9-15)12-19-17(21)11-10-16(18)14-6-4-3-5-7-14/h3-7,13,15-16H,8-12,18H2,1-2H3,(H,19,21). The lowest BCUT2D eigenvalue weighted by Gasteiger charge is -2.24. The van der Waals surface area contributed by atoms with E-state index in [1.165, 1.54) is 12.8 Å². The van der Waals surface area contributed by atoms with Gasteiger partial charge in [-0.25, -0.2) is 0 Å². The quantitative estimate of drug-likeness (QED) is 0.770. The zero-order valence-electron chi connectivity index (χ0n) is 13.1. The highest BCUT2D eigenvalue weighted by Gasteiger charge is 2.29. The maximum Gasteiger partial charge on any atom is 0.220 e. The number of amides is 1. The van der Waals surface area contributed by atoms with Crippen molar-refractivity contribution in [3.05, 3.63) is 35.9 Å². The van der Waals surface area contributed by atoms with Gasteiger partial charge in [0, 0.05) is 31.1 Å². The second-order valence-corrected chi connectivity index (χ2v) is 6.11. The van der Waals surface area contributed by atoms with Crippen LogP contribution in [0.5, 0.6) is 0 Å². The van der Waals surface area contributed by atoms with Crippen molar-refractivity contribution in [2.24, 2.45) is 5.73 Å². The fourth-order valence-electron chi connectivity index (χ4n) is 2.49. The second-order valence-electron chi connectivity index (χ2n) is 6.11. The maximum absolute atomic E-state index is 11.9. The lowest BCUT2D eigenvalue weighted by atomic mass is 10.0. The molecule has 1 aromatic rings. The van der Waals surface area contributed by atoms with Gasteiger partial charge in [0.1, 0.15) is 0 Å². The number of benzene rings is 1. The average Bonchev–Trinajstić information content (AvgIpc) is 3.35. The number of hydrogen-bond donors (Lipinski definition) is 2. The zero-order chi connectivity index (χ0) is 15.2. The third-order valence-electron chi connectivity index (χ3n) is 4.32. The number of nitrogens with zero attached hydrogens (tertiary/aromatic N) is 1. The van der Waals surface area contributed by atoms with Gasteiger partial charge < -0.3 is 11.1 Å². The number of rotatable bonds is 8. The van der Waals surface area contributed by atoms with Crippen LogP contribution in [-0.2, 0) is 4.79 Å². The molecule has 2 rings (SSSR count). The molecule has 2 unspecified atom stereocenters. The van der Waals surface area contributed by atoms with Crippen LogP contribution >= 0.6 is 0 Å². The van der Waals surface area contributed by atoms with Crippen molar-refractivity contribution in [1.29, 1.82) is 0 Å². The van der Waals surface area contributed by atoms with E-state index in [2.05, 4.69) is 24.2 Å². The Morgan fingerprint density at radius 2 is 2.05 bits per heavy atom. The minimum Gasteiger partial charge on any atom is -0.355 e. The predicted octanol–water partition coefficient (Wildman–Crippen LogP) is 2.07. The van der Waals surface area contributed by atoms with E-state index in [9.17, 15) is 4.79 Å². The zero-order valence-corrected chi connectivity index (χ0v) is 13.1. The fourth-order valence-corrected chi connectivity index (χ4v) is 2.49. The van der Waals surface area contributed by atoms with Crippen LogP contribution in [0.4, 0.5) is 0 Å². The summed E-state index contributed by atoms with van der Waals surface area (Å²) in [7, 11) is 2.14. The first-order valence-corrected chi connectivity index (χ1v) is 7.87. The molecule has 1 aromatic carbocycles. The van der Waals surface area contributed by atoms with Crippen LogP contribution < -0.4 is 11.1 Å². The molecule has 1 amide bonds. The SMILES string of the molecule is CC(CNC(=O)CCC(N)c1ccccc1)N(C)C1CC1. The normalized spacial score (nSPS) is 17.5. The third kappa shape index (κ3) is 5.14. The van der Waals surface area contributed by atoms with Gasteiger partial charge >= 0.3 is 0 Å². The molecule has 21 heavy (non-hydrogen) atoms. The molecule has 0 bridgehead atoms. The molecule has 116 valence electrons. The summed E-state index contributed by atoms with van der Waals surface area (Å²) >= 11 is 0. The number of carbonyl (C=O) groups excluding carboxylic acids is 1. The van der Waals surface area contributed by atoms with Crippen molar-refractivity contribution in [2.75, 3.05) is 13.6 Å². The Labute approximate surface area is 127 Å². The van der Waals surface area contributed by atoms with Gasteiger partial charge in [-0.3, -0.25) is 9.69 Å². The van der Waals surface area contributed by atoms with Crippen LogP contribution in [0, 0.1) is 0 Å². The summed E-state index contributed by atoms with van der Waals surface area (Å²) in [6.07, 6.45) is 3.75. The van der Waals surface area contributed by atoms with E-state index in [1.807, 2.05) is 30.3 Å². The highest BCUT2D eigenvalue weighted by atomic mass is 16.1. The molecular weight excluding hydrogens is 262 g/mol. The summed E-state index contributed by atoms with van der Waals surface area (Å²) in [6, 6.07) is 11.0. The van der Waals surface area contributed by atoms with E-state index in [0.29, 0.717) is 25.4 Å². The van der Waals surface area contributed by atoms with Crippen LogP contribution in [0.3, 0.4) is 0 Å². The molecule has 3 N–H and O–H groups in total. The van der Waals surface area contributed by atoms with Crippen molar-refractivity contribution in [1.82, 2.24) is 10.2 Å². The second kappa shape index (κ2) is 7.57. The van der Waals surface area contributed by atoms with Crippen molar-refractivity contribution < 1.29 is 4.79 Å². The van der Waals surface area contributed by atoms with Gasteiger partial charge in [0.25, 0.3) is 0 Å². The van der Waals surface area contributed by atoms with Crippen LogP contribution in [0.15, 0.2) is 30.3 Å². The van der Waals surface area contributed by atoms with Gasteiger partial charge in [-0.15, -0.1) is 0 Å². The van der Waals surface area contributed by atoms with Gasteiger partial charge in [-0.1, -0.05) is 30.3 Å². The van der Waals surface area contributed by atoms with Gasteiger partial charge in [0.15, 0.2) is 0 Å². The summed E-state index contributed by atoms with van der Waals surface area (Å²) in [4.78, 5) is 14.3. The first-order chi connectivity index (χ1) is 10.1. The van der Waals surface area contributed by atoms with E-state index >= 15 is 0 Å². The minimum atomic E-state index is -0.0662. The minimum absolute atomic E-state index is 0.0662. The van der Waals surface area contributed by atoms with Crippen LogP contribution in [0.25, 0.3) is 0 Å². The van der Waals surface area contributed by atoms with Gasteiger partial charge in [-0.05, 0) is 38.8 Å². The Hall–Kier alpha value is -1.39. The molecule has 0 heterocycles. The molecule has 1 aliphatic rings.